The van der Waals surface area contributed by atoms with Crippen LogP contribution < -0.4 is 5.73 Å². The monoisotopic (exact) mass is 360 g/mol. The number of aliphatic hydroxyl groups excluding tert-OH is 3. The zero-order valence-electron chi connectivity index (χ0n) is 13.0. The lowest BCUT2D eigenvalue weighted by atomic mass is 10.0. The molecule has 0 saturated carbocycles. The molecule has 0 aliphatic carbocycles. The fraction of sp³-hybridized carbons (Fsp3) is 0.312. The number of aliphatic hydroxyl groups is 3. The molecule has 8 nitrogen and oxygen atoms in total. The molecular weight excluding hydrogens is 344 g/mol. The van der Waals surface area contributed by atoms with Crippen LogP contribution in [-0.4, -0.2) is 49.8 Å². The normalized spacial score (nSPS) is 26.2. The van der Waals surface area contributed by atoms with E-state index in [0.717, 1.165) is 0 Å². The number of hydrogen-bond acceptors (Lipinski definition) is 8. The third kappa shape index (κ3) is 3.02. The Morgan fingerprint density at radius 1 is 1.24 bits per heavy atom. The Labute approximate surface area is 148 Å². The van der Waals surface area contributed by atoms with E-state index in [1.165, 1.54) is 4.57 Å². The summed E-state index contributed by atoms with van der Waals surface area (Å²) in [5.74, 6) is -0.0338. The average molecular weight is 360 g/mol. The number of nitrogens with two attached hydrogens (primary N) is 1. The van der Waals surface area contributed by atoms with Gasteiger partial charge in [0.15, 0.2) is 6.23 Å². The molecule has 1 aliphatic heterocycles. The van der Waals surface area contributed by atoms with E-state index in [9.17, 15) is 20.6 Å². The van der Waals surface area contributed by atoms with Gasteiger partial charge in [0.1, 0.15) is 35.8 Å². The maximum atomic E-state index is 10.3. The number of ether oxygens (including phenoxy) is 1. The molecule has 0 spiro atoms. The van der Waals surface area contributed by atoms with Crippen molar-refractivity contribution in [3.63, 3.8) is 0 Å². The lowest BCUT2D eigenvalue weighted by Crippen LogP contribution is -2.51. The van der Waals surface area contributed by atoms with E-state index >= 15 is 0 Å². The number of nitrogens with zero attached hydrogens (tertiary/aromatic N) is 3. The van der Waals surface area contributed by atoms with Crippen LogP contribution in [0, 0.1) is 16.1 Å². The predicted molar refractivity (Wildman–Crippen MR) is 90.6 cm³/mol. The summed E-state index contributed by atoms with van der Waals surface area (Å²) in [5.41, 5.74) is 6.87. The standard InChI is InChI=1S/C16H16N4O4S/c17-6-9-11(8-4-2-1-3-5-8)20(16(25)19-14(9)18)15-13(23)12(22)10(21)7-24-15/h1-5,10,12-13,15,21-23H,7H2,(H2,18,19,25)/t10-,12+,13-,15-/m1/s1. The van der Waals surface area contributed by atoms with Crippen LogP contribution in [-0.2, 0) is 4.74 Å². The molecule has 130 valence electrons. The van der Waals surface area contributed by atoms with Crippen molar-refractivity contribution in [1.29, 1.82) is 5.26 Å². The predicted octanol–water partition coefficient (Wildman–Crippen LogP) is 0.345. The second kappa shape index (κ2) is 6.87. The summed E-state index contributed by atoms with van der Waals surface area (Å²) >= 11 is 5.26. The number of nitrogen functional groups attached to an aromatic ring is 1. The topological polar surface area (TPSA) is 138 Å². The van der Waals surface area contributed by atoms with E-state index in [1.807, 2.05) is 12.1 Å². The van der Waals surface area contributed by atoms with Crippen molar-refractivity contribution in [3.05, 3.63) is 40.7 Å². The Hall–Kier alpha value is -2.35. The zero-order valence-corrected chi connectivity index (χ0v) is 13.8. The molecule has 25 heavy (non-hydrogen) atoms. The number of aromatic nitrogens is 2. The minimum absolute atomic E-state index is 0.0111. The van der Waals surface area contributed by atoms with Crippen LogP contribution in [0.25, 0.3) is 11.3 Å². The van der Waals surface area contributed by atoms with Gasteiger partial charge in [0.05, 0.1) is 12.3 Å². The summed E-state index contributed by atoms with van der Waals surface area (Å²) in [6, 6.07) is 10.9. The van der Waals surface area contributed by atoms with Crippen LogP contribution in [0.2, 0.25) is 0 Å². The molecule has 0 radical (unpaired) electrons. The molecule has 1 aromatic carbocycles. The number of hydrogen-bond donors (Lipinski definition) is 4. The van der Waals surface area contributed by atoms with E-state index in [0.29, 0.717) is 11.3 Å². The Morgan fingerprint density at radius 2 is 1.92 bits per heavy atom. The highest BCUT2D eigenvalue weighted by Gasteiger charge is 2.40. The van der Waals surface area contributed by atoms with E-state index in [2.05, 4.69) is 4.98 Å². The van der Waals surface area contributed by atoms with Gasteiger partial charge in [-0.1, -0.05) is 30.3 Å². The Morgan fingerprint density at radius 3 is 2.56 bits per heavy atom. The average Bonchev–Trinajstić information content (AvgIpc) is 2.61. The Balaban J connectivity index is 2.27. The number of nitriles is 1. The van der Waals surface area contributed by atoms with E-state index < -0.39 is 24.5 Å². The van der Waals surface area contributed by atoms with Gasteiger partial charge >= 0.3 is 0 Å². The Bertz CT molecular complexity index is 880. The first-order valence-corrected chi connectivity index (χ1v) is 7.90. The second-order valence-corrected chi connectivity index (χ2v) is 5.99. The maximum absolute atomic E-state index is 10.3. The molecule has 9 heteroatoms. The van der Waals surface area contributed by atoms with Crippen LogP contribution >= 0.6 is 12.2 Å². The first kappa shape index (κ1) is 17.5. The van der Waals surface area contributed by atoms with E-state index in [4.69, 9.17) is 22.7 Å². The minimum atomic E-state index is -1.46. The first-order valence-electron chi connectivity index (χ1n) is 7.49. The molecule has 1 aliphatic rings. The highest BCUT2D eigenvalue weighted by molar-refractivity contribution is 7.71. The molecule has 0 unspecified atom stereocenters. The van der Waals surface area contributed by atoms with Crippen molar-refractivity contribution in [2.45, 2.75) is 24.5 Å². The summed E-state index contributed by atoms with van der Waals surface area (Å²) in [7, 11) is 0. The minimum Gasteiger partial charge on any atom is -0.388 e. The van der Waals surface area contributed by atoms with Crippen molar-refractivity contribution in [1.82, 2.24) is 9.55 Å². The van der Waals surface area contributed by atoms with Crippen molar-refractivity contribution >= 4 is 18.0 Å². The van der Waals surface area contributed by atoms with Crippen molar-refractivity contribution < 1.29 is 20.1 Å². The molecular formula is C16H16N4O4S. The smallest absolute Gasteiger partial charge is 0.204 e. The Kier molecular flexibility index (Phi) is 4.80. The lowest BCUT2D eigenvalue weighted by molar-refractivity contribution is -0.211. The third-order valence-corrected chi connectivity index (χ3v) is 4.33. The van der Waals surface area contributed by atoms with Crippen LogP contribution in [0.1, 0.15) is 11.8 Å². The van der Waals surface area contributed by atoms with Crippen molar-refractivity contribution in [2.24, 2.45) is 0 Å². The fourth-order valence-electron chi connectivity index (χ4n) is 2.79. The molecule has 1 fully saturated rings. The first-order chi connectivity index (χ1) is 12.0. The van der Waals surface area contributed by atoms with Gasteiger partial charge in [-0.3, -0.25) is 4.57 Å². The van der Waals surface area contributed by atoms with Gasteiger partial charge in [0.2, 0.25) is 4.77 Å². The number of benzene rings is 1. The fourth-order valence-corrected chi connectivity index (χ4v) is 3.09. The van der Waals surface area contributed by atoms with Crippen LogP contribution in [0.4, 0.5) is 5.82 Å². The lowest BCUT2D eigenvalue weighted by Gasteiger charge is -2.37. The molecule has 3 rings (SSSR count). The highest BCUT2D eigenvalue weighted by atomic mass is 32.1. The quantitative estimate of drug-likeness (QED) is 0.563. The van der Waals surface area contributed by atoms with Gasteiger partial charge in [-0.15, -0.1) is 0 Å². The summed E-state index contributed by atoms with van der Waals surface area (Å²) in [4.78, 5) is 3.98. The molecule has 1 saturated heterocycles. The zero-order chi connectivity index (χ0) is 18.1. The van der Waals surface area contributed by atoms with Crippen LogP contribution in [0.5, 0.6) is 0 Å². The third-order valence-electron chi connectivity index (χ3n) is 4.04. The largest absolute Gasteiger partial charge is 0.388 e. The molecule has 5 N–H and O–H groups in total. The van der Waals surface area contributed by atoms with Crippen molar-refractivity contribution in [2.75, 3.05) is 12.3 Å². The summed E-state index contributed by atoms with van der Waals surface area (Å²) in [6.45, 7) is -0.203. The number of anilines is 1. The SMILES string of the molecule is N#Cc1c(N)nc(=S)n([C@@H]2OC[C@@H](O)[C@H](O)[C@H]2O)c1-c1ccccc1. The summed E-state index contributed by atoms with van der Waals surface area (Å²) in [5, 5.41) is 39.5. The molecule has 4 atom stereocenters. The van der Waals surface area contributed by atoms with Gasteiger partial charge in [-0.25, -0.2) is 4.98 Å². The van der Waals surface area contributed by atoms with Crippen LogP contribution in [0.3, 0.4) is 0 Å². The molecule has 2 aromatic rings. The van der Waals surface area contributed by atoms with E-state index in [1.54, 1.807) is 24.3 Å². The van der Waals surface area contributed by atoms with Crippen LogP contribution in [0.15, 0.2) is 30.3 Å². The second-order valence-electron chi connectivity index (χ2n) is 5.62. The van der Waals surface area contributed by atoms with Gasteiger partial charge in [0, 0.05) is 0 Å². The molecule has 0 bridgehead atoms. The molecule has 0 amide bonds. The molecule has 2 heterocycles. The van der Waals surface area contributed by atoms with E-state index in [-0.39, 0.29) is 22.8 Å². The summed E-state index contributed by atoms with van der Waals surface area (Å²) in [6.07, 6.45) is -5.23. The van der Waals surface area contributed by atoms with Gasteiger partial charge in [-0.05, 0) is 17.8 Å². The maximum Gasteiger partial charge on any atom is 0.204 e. The van der Waals surface area contributed by atoms with Gasteiger partial charge < -0.3 is 25.8 Å². The summed E-state index contributed by atoms with van der Waals surface area (Å²) < 4.78 is 6.82. The van der Waals surface area contributed by atoms with Crippen molar-refractivity contribution in [3.8, 4) is 17.3 Å². The number of rotatable bonds is 2. The van der Waals surface area contributed by atoms with Gasteiger partial charge in [0.25, 0.3) is 0 Å². The van der Waals surface area contributed by atoms with Gasteiger partial charge in [-0.2, -0.15) is 5.26 Å². The molecule has 1 aromatic heterocycles. The highest BCUT2D eigenvalue weighted by Crippen LogP contribution is 2.33.